The minimum atomic E-state index is 0.374. The summed E-state index contributed by atoms with van der Waals surface area (Å²) in [5, 5.41) is 4.46. The molecule has 1 aromatic rings. The SMILES string of the molecule is COCCOCCN=C1NC(c2ccccc2)CS1. The average molecular weight is 280 g/mol. The Labute approximate surface area is 118 Å². The standard InChI is InChI=1S/C14H20N2O2S/c1-17-9-10-18-8-7-15-14-16-13(11-19-14)12-5-3-2-4-6-12/h2-6,13H,7-11H2,1H3,(H,15,16). The summed E-state index contributed by atoms with van der Waals surface area (Å²) in [5.41, 5.74) is 1.32. The van der Waals surface area contributed by atoms with Crippen LogP contribution in [0.1, 0.15) is 11.6 Å². The Morgan fingerprint density at radius 2 is 2.11 bits per heavy atom. The summed E-state index contributed by atoms with van der Waals surface area (Å²) >= 11 is 1.77. The van der Waals surface area contributed by atoms with Crippen molar-refractivity contribution in [1.29, 1.82) is 0 Å². The van der Waals surface area contributed by atoms with Crippen LogP contribution < -0.4 is 5.32 Å². The first-order valence-corrected chi connectivity index (χ1v) is 7.44. The molecule has 1 fully saturated rings. The number of methoxy groups -OCH3 is 1. The Kier molecular flexibility index (Phi) is 6.20. The van der Waals surface area contributed by atoms with Gasteiger partial charge in [0.15, 0.2) is 5.17 Å². The quantitative estimate of drug-likeness (QED) is 0.777. The minimum Gasteiger partial charge on any atom is -0.382 e. The molecule has 0 radical (unpaired) electrons. The lowest BCUT2D eigenvalue weighted by Crippen LogP contribution is -2.19. The molecule has 1 aliphatic heterocycles. The van der Waals surface area contributed by atoms with E-state index in [0.29, 0.717) is 32.4 Å². The molecule has 1 N–H and O–H groups in total. The molecular formula is C14H20N2O2S. The van der Waals surface area contributed by atoms with Gasteiger partial charge in [0, 0.05) is 12.9 Å². The number of hydrogen-bond acceptors (Lipinski definition) is 4. The van der Waals surface area contributed by atoms with Crippen LogP contribution in [0.15, 0.2) is 35.3 Å². The van der Waals surface area contributed by atoms with Crippen molar-refractivity contribution in [2.45, 2.75) is 6.04 Å². The molecule has 1 unspecified atom stereocenters. The fraction of sp³-hybridized carbons (Fsp3) is 0.500. The number of nitrogens with one attached hydrogen (secondary N) is 1. The van der Waals surface area contributed by atoms with Gasteiger partial charge >= 0.3 is 0 Å². The number of ether oxygens (including phenoxy) is 2. The topological polar surface area (TPSA) is 42.9 Å². The molecule has 1 heterocycles. The van der Waals surface area contributed by atoms with Gasteiger partial charge in [-0.25, -0.2) is 0 Å². The molecule has 104 valence electrons. The van der Waals surface area contributed by atoms with Crippen molar-refractivity contribution in [3.8, 4) is 0 Å². The van der Waals surface area contributed by atoms with Crippen molar-refractivity contribution >= 4 is 16.9 Å². The van der Waals surface area contributed by atoms with E-state index < -0.39 is 0 Å². The first-order chi connectivity index (χ1) is 9.40. The van der Waals surface area contributed by atoms with Gasteiger partial charge in [-0.15, -0.1) is 0 Å². The van der Waals surface area contributed by atoms with Gasteiger partial charge in [0.2, 0.25) is 0 Å². The van der Waals surface area contributed by atoms with Gasteiger partial charge in [-0.3, -0.25) is 4.99 Å². The third kappa shape index (κ3) is 4.86. The van der Waals surface area contributed by atoms with Crippen molar-refractivity contribution in [3.63, 3.8) is 0 Å². The van der Waals surface area contributed by atoms with Crippen molar-refractivity contribution in [3.05, 3.63) is 35.9 Å². The highest BCUT2D eigenvalue weighted by Crippen LogP contribution is 2.25. The molecule has 1 aromatic carbocycles. The van der Waals surface area contributed by atoms with Gasteiger partial charge in [-0.1, -0.05) is 42.1 Å². The molecule has 5 heteroatoms. The average Bonchev–Trinajstić information content (AvgIpc) is 2.92. The molecule has 1 atom stereocenters. The van der Waals surface area contributed by atoms with E-state index in [1.807, 2.05) is 6.07 Å². The van der Waals surface area contributed by atoms with Gasteiger partial charge in [0.05, 0.1) is 32.4 Å². The van der Waals surface area contributed by atoms with E-state index in [2.05, 4.69) is 34.6 Å². The van der Waals surface area contributed by atoms with E-state index in [1.54, 1.807) is 18.9 Å². The number of thioether (sulfide) groups is 1. The van der Waals surface area contributed by atoms with Crippen LogP contribution in [-0.2, 0) is 9.47 Å². The first-order valence-electron chi connectivity index (χ1n) is 6.45. The Hall–Kier alpha value is -1.04. The fourth-order valence-electron chi connectivity index (χ4n) is 1.81. The third-order valence-corrected chi connectivity index (χ3v) is 3.83. The van der Waals surface area contributed by atoms with E-state index in [9.17, 15) is 0 Å². The maximum absolute atomic E-state index is 5.38. The second-order valence-corrected chi connectivity index (χ2v) is 5.22. The van der Waals surface area contributed by atoms with Crippen LogP contribution in [0, 0.1) is 0 Å². The molecular weight excluding hydrogens is 260 g/mol. The molecule has 0 amide bonds. The second kappa shape index (κ2) is 8.19. The number of nitrogens with zero attached hydrogens (tertiary/aromatic N) is 1. The van der Waals surface area contributed by atoms with Crippen LogP contribution in [0.4, 0.5) is 0 Å². The largest absolute Gasteiger partial charge is 0.382 e. The third-order valence-electron chi connectivity index (χ3n) is 2.81. The van der Waals surface area contributed by atoms with E-state index in [-0.39, 0.29) is 0 Å². The maximum atomic E-state index is 5.38. The highest BCUT2D eigenvalue weighted by atomic mass is 32.2. The zero-order chi connectivity index (χ0) is 13.3. The van der Waals surface area contributed by atoms with Crippen LogP contribution in [-0.4, -0.2) is 44.4 Å². The molecule has 0 spiro atoms. The lowest BCUT2D eigenvalue weighted by molar-refractivity contribution is 0.0748. The Bertz CT molecular complexity index is 398. The van der Waals surface area contributed by atoms with Crippen molar-refractivity contribution in [2.75, 3.05) is 39.2 Å². The van der Waals surface area contributed by atoms with E-state index in [0.717, 1.165) is 10.9 Å². The van der Waals surface area contributed by atoms with Crippen LogP contribution in [0.5, 0.6) is 0 Å². The molecule has 0 aromatic heterocycles. The summed E-state index contributed by atoms with van der Waals surface area (Å²) in [6.45, 7) is 2.61. The highest BCUT2D eigenvalue weighted by Gasteiger charge is 2.21. The Morgan fingerprint density at radius 3 is 2.89 bits per heavy atom. The normalized spacial score (nSPS) is 20.7. The van der Waals surface area contributed by atoms with Crippen LogP contribution in [0.25, 0.3) is 0 Å². The van der Waals surface area contributed by atoms with Gasteiger partial charge in [0.25, 0.3) is 0 Å². The number of benzene rings is 1. The summed E-state index contributed by atoms with van der Waals surface area (Å²) in [5.74, 6) is 1.04. The zero-order valence-electron chi connectivity index (χ0n) is 11.2. The second-order valence-electron chi connectivity index (χ2n) is 4.21. The van der Waals surface area contributed by atoms with E-state index >= 15 is 0 Å². The van der Waals surface area contributed by atoms with Crippen LogP contribution in [0.2, 0.25) is 0 Å². The molecule has 4 nitrogen and oxygen atoms in total. The molecule has 19 heavy (non-hydrogen) atoms. The van der Waals surface area contributed by atoms with Crippen LogP contribution >= 0.6 is 11.8 Å². The lowest BCUT2D eigenvalue weighted by atomic mass is 10.1. The van der Waals surface area contributed by atoms with Gasteiger partial charge in [-0.2, -0.15) is 0 Å². The molecule has 0 aliphatic carbocycles. The fourth-order valence-corrected chi connectivity index (χ4v) is 2.82. The number of amidine groups is 1. The zero-order valence-corrected chi connectivity index (χ0v) is 12.0. The predicted molar refractivity (Wildman–Crippen MR) is 79.8 cm³/mol. The number of hydrogen-bond donors (Lipinski definition) is 1. The summed E-state index contributed by atoms with van der Waals surface area (Å²) in [6, 6.07) is 10.8. The minimum absolute atomic E-state index is 0.374. The predicted octanol–water partition coefficient (Wildman–Crippen LogP) is 2.08. The summed E-state index contributed by atoms with van der Waals surface area (Å²) in [6.07, 6.45) is 0. The summed E-state index contributed by atoms with van der Waals surface area (Å²) in [7, 11) is 1.67. The molecule has 0 bridgehead atoms. The van der Waals surface area contributed by atoms with Gasteiger partial charge in [0.1, 0.15) is 0 Å². The molecule has 1 saturated heterocycles. The maximum Gasteiger partial charge on any atom is 0.157 e. The van der Waals surface area contributed by atoms with Crippen molar-refractivity contribution < 1.29 is 9.47 Å². The molecule has 1 aliphatic rings. The van der Waals surface area contributed by atoms with Gasteiger partial charge in [-0.05, 0) is 5.56 Å². The number of aliphatic imine (C=N–C) groups is 1. The van der Waals surface area contributed by atoms with Crippen molar-refractivity contribution in [1.82, 2.24) is 5.32 Å². The smallest absolute Gasteiger partial charge is 0.157 e. The van der Waals surface area contributed by atoms with Crippen LogP contribution in [0.3, 0.4) is 0 Å². The Balaban J connectivity index is 1.70. The molecule has 2 rings (SSSR count). The number of rotatable bonds is 7. The van der Waals surface area contributed by atoms with E-state index in [1.165, 1.54) is 5.56 Å². The molecule has 0 saturated carbocycles. The van der Waals surface area contributed by atoms with Crippen molar-refractivity contribution in [2.24, 2.45) is 4.99 Å². The summed E-state index contributed by atoms with van der Waals surface area (Å²) in [4.78, 5) is 4.50. The lowest BCUT2D eigenvalue weighted by Gasteiger charge is -2.09. The monoisotopic (exact) mass is 280 g/mol. The van der Waals surface area contributed by atoms with Gasteiger partial charge < -0.3 is 14.8 Å². The van der Waals surface area contributed by atoms with E-state index in [4.69, 9.17) is 9.47 Å². The Morgan fingerprint density at radius 1 is 1.26 bits per heavy atom. The first kappa shape index (κ1) is 14.4. The highest BCUT2D eigenvalue weighted by molar-refractivity contribution is 8.14. The summed E-state index contributed by atoms with van der Waals surface area (Å²) < 4.78 is 10.3.